The van der Waals surface area contributed by atoms with Crippen LogP contribution in [0, 0.1) is 17.6 Å². The van der Waals surface area contributed by atoms with Crippen molar-refractivity contribution in [2.24, 2.45) is 5.92 Å². The number of allylic oxidation sites excluding steroid dienone is 1. The van der Waals surface area contributed by atoms with Crippen molar-refractivity contribution in [1.29, 1.82) is 0 Å². The van der Waals surface area contributed by atoms with Gasteiger partial charge in [-0.2, -0.15) is 4.39 Å². The van der Waals surface area contributed by atoms with E-state index in [1.807, 2.05) is 0 Å². The van der Waals surface area contributed by atoms with Crippen LogP contribution in [0.5, 0.6) is 5.75 Å². The molecule has 0 bridgehead atoms. The minimum atomic E-state index is -3.84. The number of aryl methyl sites for hydroxylation is 1. The van der Waals surface area contributed by atoms with E-state index >= 15 is 0 Å². The van der Waals surface area contributed by atoms with Gasteiger partial charge >= 0.3 is 7.60 Å². The number of hydrogen-bond acceptors (Lipinski definition) is 2. The Morgan fingerprint density at radius 2 is 1.61 bits per heavy atom. The first-order chi connectivity index (χ1) is 15.8. The van der Waals surface area contributed by atoms with Gasteiger partial charge in [-0.05, 0) is 68.9 Å². The molecule has 1 saturated carbocycles. The molecule has 4 nitrogen and oxygen atoms in total. The first kappa shape index (κ1) is 28.0. The fourth-order valence-corrected chi connectivity index (χ4v) is 5.21. The molecule has 1 fully saturated rings. The number of rotatable bonds is 16. The first-order valence-electron chi connectivity index (χ1n) is 12.6. The second kappa shape index (κ2) is 14.9. The summed E-state index contributed by atoms with van der Waals surface area (Å²) < 4.78 is 45.1. The first-order valence-corrected chi connectivity index (χ1v) is 14.4. The van der Waals surface area contributed by atoms with Gasteiger partial charge in [0.2, 0.25) is 5.82 Å². The van der Waals surface area contributed by atoms with Crippen molar-refractivity contribution in [3.05, 3.63) is 41.5 Å². The van der Waals surface area contributed by atoms with Crippen LogP contribution >= 0.6 is 7.60 Å². The standard InChI is InChI=1S/C26H41F2O4P/c1-21-12-11-13-22(20-21)14-15-23-16-17-24(26(28)25(23)27)32-18-9-7-5-3-2-4-6-8-10-19-33(29,30)31/h16-17,22H,1-15,18-20H2,(H2,29,30,31)/t22-/m0/s1. The van der Waals surface area contributed by atoms with Gasteiger partial charge < -0.3 is 14.5 Å². The summed E-state index contributed by atoms with van der Waals surface area (Å²) in [5, 5.41) is 0. The average Bonchev–Trinajstić information content (AvgIpc) is 2.76. The third-order valence-electron chi connectivity index (χ3n) is 6.52. The summed E-state index contributed by atoms with van der Waals surface area (Å²) >= 11 is 0. The molecule has 0 aromatic heterocycles. The van der Waals surface area contributed by atoms with Crippen LogP contribution in [-0.4, -0.2) is 22.6 Å². The van der Waals surface area contributed by atoms with E-state index in [4.69, 9.17) is 14.5 Å². The second-order valence-corrected chi connectivity index (χ2v) is 11.3. The molecule has 2 rings (SSSR count). The Balaban J connectivity index is 1.55. The van der Waals surface area contributed by atoms with Crippen LogP contribution in [0.2, 0.25) is 0 Å². The monoisotopic (exact) mass is 486 g/mol. The van der Waals surface area contributed by atoms with E-state index in [-0.39, 0.29) is 11.9 Å². The fourth-order valence-electron chi connectivity index (χ4n) is 4.57. The molecule has 0 unspecified atom stereocenters. The van der Waals surface area contributed by atoms with Crippen molar-refractivity contribution in [3.8, 4) is 5.75 Å². The molecule has 0 radical (unpaired) electrons. The van der Waals surface area contributed by atoms with Gasteiger partial charge in [-0.25, -0.2) is 4.39 Å². The van der Waals surface area contributed by atoms with E-state index in [0.717, 1.165) is 83.5 Å². The summed E-state index contributed by atoms with van der Waals surface area (Å²) in [6.45, 7) is 4.44. The summed E-state index contributed by atoms with van der Waals surface area (Å²) in [6, 6.07) is 3.21. The summed E-state index contributed by atoms with van der Waals surface area (Å²) in [7, 11) is -3.84. The topological polar surface area (TPSA) is 66.8 Å². The minimum Gasteiger partial charge on any atom is -0.490 e. The van der Waals surface area contributed by atoms with Gasteiger partial charge in [-0.15, -0.1) is 0 Å². The van der Waals surface area contributed by atoms with Gasteiger partial charge in [0.15, 0.2) is 11.6 Å². The van der Waals surface area contributed by atoms with Crippen LogP contribution in [0.1, 0.15) is 95.5 Å². The highest BCUT2D eigenvalue weighted by molar-refractivity contribution is 7.51. The van der Waals surface area contributed by atoms with E-state index in [1.54, 1.807) is 12.1 Å². The Morgan fingerprint density at radius 3 is 2.24 bits per heavy atom. The van der Waals surface area contributed by atoms with Gasteiger partial charge in [0.1, 0.15) is 0 Å². The molecule has 7 heteroatoms. The molecular weight excluding hydrogens is 445 g/mol. The normalized spacial score (nSPS) is 16.8. The minimum absolute atomic E-state index is 0.00222. The molecule has 1 atom stereocenters. The summed E-state index contributed by atoms with van der Waals surface area (Å²) in [5.74, 6) is -1.13. The largest absolute Gasteiger partial charge is 0.490 e. The van der Waals surface area contributed by atoms with E-state index in [0.29, 0.717) is 30.9 Å². The Kier molecular flexibility index (Phi) is 12.7. The Labute approximate surface area is 198 Å². The van der Waals surface area contributed by atoms with E-state index in [2.05, 4.69) is 6.58 Å². The van der Waals surface area contributed by atoms with Crippen LogP contribution in [0.15, 0.2) is 24.3 Å². The number of halogens is 2. The number of hydrogen-bond donors (Lipinski definition) is 2. The molecule has 0 saturated heterocycles. The molecule has 1 aliphatic carbocycles. The average molecular weight is 487 g/mol. The van der Waals surface area contributed by atoms with Gasteiger partial charge in [0, 0.05) is 6.16 Å². The predicted octanol–water partition coefficient (Wildman–Crippen LogP) is 7.71. The van der Waals surface area contributed by atoms with Crippen molar-refractivity contribution in [3.63, 3.8) is 0 Å². The van der Waals surface area contributed by atoms with Gasteiger partial charge in [0.05, 0.1) is 6.61 Å². The zero-order valence-electron chi connectivity index (χ0n) is 19.9. The highest BCUT2D eigenvalue weighted by Gasteiger charge is 2.19. The Bertz CT molecular complexity index is 778. The van der Waals surface area contributed by atoms with Crippen LogP contribution in [0.3, 0.4) is 0 Å². The van der Waals surface area contributed by atoms with Crippen molar-refractivity contribution >= 4 is 7.60 Å². The van der Waals surface area contributed by atoms with Crippen LogP contribution < -0.4 is 4.74 Å². The number of benzene rings is 1. The zero-order valence-corrected chi connectivity index (χ0v) is 20.8. The van der Waals surface area contributed by atoms with Crippen molar-refractivity contribution in [1.82, 2.24) is 0 Å². The van der Waals surface area contributed by atoms with Gasteiger partial charge in [-0.3, -0.25) is 4.57 Å². The molecule has 1 aromatic rings. The maximum atomic E-state index is 14.5. The molecule has 0 aliphatic heterocycles. The molecular formula is C26H41F2O4P. The Morgan fingerprint density at radius 1 is 0.970 bits per heavy atom. The molecule has 0 heterocycles. The molecule has 2 N–H and O–H groups in total. The third kappa shape index (κ3) is 11.6. The lowest BCUT2D eigenvalue weighted by Crippen LogP contribution is -2.10. The highest BCUT2D eigenvalue weighted by atomic mass is 31.2. The fraction of sp³-hybridized carbons (Fsp3) is 0.692. The van der Waals surface area contributed by atoms with Crippen LogP contribution in [0.4, 0.5) is 8.78 Å². The molecule has 33 heavy (non-hydrogen) atoms. The van der Waals surface area contributed by atoms with Crippen molar-refractivity contribution < 1.29 is 27.9 Å². The maximum absolute atomic E-state index is 14.5. The Hall–Kier alpha value is -1.23. The molecule has 1 aliphatic rings. The molecule has 0 spiro atoms. The lowest BCUT2D eigenvalue weighted by atomic mass is 9.83. The summed E-state index contributed by atoms with van der Waals surface area (Å²) in [4.78, 5) is 17.6. The maximum Gasteiger partial charge on any atom is 0.325 e. The lowest BCUT2D eigenvalue weighted by Gasteiger charge is -2.23. The van der Waals surface area contributed by atoms with Crippen LogP contribution in [0.25, 0.3) is 0 Å². The summed E-state index contributed by atoms with van der Waals surface area (Å²) in [5.41, 5.74) is 1.70. The summed E-state index contributed by atoms with van der Waals surface area (Å²) in [6.07, 6.45) is 14.3. The quantitative estimate of drug-likeness (QED) is 0.143. The highest BCUT2D eigenvalue weighted by Crippen LogP contribution is 2.35. The smallest absolute Gasteiger partial charge is 0.325 e. The molecule has 1 aromatic carbocycles. The van der Waals surface area contributed by atoms with E-state index in [1.165, 1.54) is 5.57 Å². The van der Waals surface area contributed by atoms with Crippen LogP contribution in [-0.2, 0) is 11.0 Å². The van der Waals surface area contributed by atoms with Crippen molar-refractivity contribution in [2.75, 3.05) is 12.8 Å². The van der Waals surface area contributed by atoms with E-state index < -0.39 is 19.2 Å². The second-order valence-electron chi connectivity index (χ2n) is 9.52. The van der Waals surface area contributed by atoms with Gasteiger partial charge in [-0.1, -0.05) is 63.2 Å². The van der Waals surface area contributed by atoms with Gasteiger partial charge in [0.25, 0.3) is 0 Å². The zero-order chi connectivity index (χ0) is 24.1. The van der Waals surface area contributed by atoms with Crippen molar-refractivity contribution in [2.45, 2.75) is 96.3 Å². The SMILES string of the molecule is C=C1CCC[C@@H](CCc2ccc(OCCCCCCCCCCCP(=O)(O)O)c(F)c2F)C1. The number of ether oxygens (including phenoxy) is 1. The predicted molar refractivity (Wildman–Crippen MR) is 130 cm³/mol. The lowest BCUT2D eigenvalue weighted by molar-refractivity contribution is 0.284. The number of unbranched alkanes of at least 4 members (excludes halogenated alkanes) is 8. The third-order valence-corrected chi connectivity index (χ3v) is 7.42. The molecule has 188 valence electrons. The molecule has 0 amide bonds. The van der Waals surface area contributed by atoms with E-state index in [9.17, 15) is 13.3 Å².